The van der Waals surface area contributed by atoms with Gasteiger partial charge >= 0.3 is 0 Å². The molecule has 0 aromatic rings. The van der Waals surface area contributed by atoms with Crippen molar-refractivity contribution >= 4 is 0 Å². The standard InChI is InChI=1S/C23H49N3O10.3C2H6/c1-2-28-5-6-30-9-10-32-13-14-34-17-18-36-20-19-35-16-15-33-12-11-31-8-7-29-4-3-26(25)21-23(24)22-27;3*1-2/h21,27H,2-20,22,24-25H2,1H3;3*1-2H3/b23-21-;;;. The average molecular weight is 618 g/mol. The predicted octanol–water partition coefficient (Wildman–Crippen LogP) is 2.20. The van der Waals surface area contributed by atoms with Gasteiger partial charge in [0.05, 0.1) is 131 Å². The Hall–Kier alpha value is -1.10. The quantitative estimate of drug-likeness (QED) is 0.0612. The van der Waals surface area contributed by atoms with Gasteiger partial charge in [-0.15, -0.1) is 0 Å². The zero-order valence-electron chi connectivity index (χ0n) is 27.9. The van der Waals surface area contributed by atoms with Crippen molar-refractivity contribution in [2.45, 2.75) is 48.5 Å². The molecule has 258 valence electrons. The van der Waals surface area contributed by atoms with Crippen molar-refractivity contribution < 1.29 is 47.7 Å². The van der Waals surface area contributed by atoms with E-state index in [2.05, 4.69) is 0 Å². The molecule has 0 fully saturated rings. The molecular weight excluding hydrogens is 550 g/mol. The zero-order valence-corrected chi connectivity index (χ0v) is 27.9. The molecule has 0 aromatic carbocycles. The fraction of sp³-hybridized carbons (Fsp3) is 0.931. The fourth-order valence-electron chi connectivity index (χ4n) is 2.39. The van der Waals surface area contributed by atoms with E-state index < -0.39 is 0 Å². The Balaban J connectivity index is -0.00000112. The molecule has 0 aromatic heterocycles. The monoisotopic (exact) mass is 617 g/mol. The van der Waals surface area contributed by atoms with Crippen LogP contribution in [0.1, 0.15) is 48.5 Å². The van der Waals surface area contributed by atoms with E-state index in [9.17, 15) is 0 Å². The van der Waals surface area contributed by atoms with Crippen LogP contribution >= 0.6 is 0 Å². The van der Waals surface area contributed by atoms with E-state index >= 15 is 0 Å². The van der Waals surface area contributed by atoms with E-state index in [0.717, 1.165) is 0 Å². The molecule has 0 amide bonds. The lowest BCUT2D eigenvalue weighted by Gasteiger charge is -2.14. The molecule has 0 bridgehead atoms. The first-order chi connectivity index (χ1) is 20.7. The molecule has 0 unspecified atom stereocenters. The summed E-state index contributed by atoms with van der Waals surface area (Å²) < 4.78 is 48.5. The number of hydrogen-bond acceptors (Lipinski definition) is 13. The minimum atomic E-state index is -0.230. The van der Waals surface area contributed by atoms with Crippen molar-refractivity contribution in [1.29, 1.82) is 0 Å². The fourth-order valence-corrected chi connectivity index (χ4v) is 2.39. The van der Waals surface area contributed by atoms with Crippen LogP contribution in [0, 0.1) is 0 Å². The maximum absolute atomic E-state index is 8.80. The normalized spacial score (nSPS) is 10.6. The molecular formula is C29H67N3O10. The highest BCUT2D eigenvalue weighted by atomic mass is 16.6. The summed E-state index contributed by atoms with van der Waals surface area (Å²) in [6, 6.07) is 0. The minimum Gasteiger partial charge on any atom is -0.399 e. The van der Waals surface area contributed by atoms with Gasteiger partial charge in [0.2, 0.25) is 0 Å². The molecule has 0 spiro atoms. The lowest BCUT2D eigenvalue weighted by Crippen LogP contribution is -2.30. The first kappa shape index (κ1) is 47.8. The average Bonchev–Trinajstić information content (AvgIpc) is 3.03. The Morgan fingerprint density at radius 1 is 0.500 bits per heavy atom. The number of aliphatic hydroxyl groups is 1. The molecule has 0 aliphatic heterocycles. The Labute approximate surface area is 257 Å². The molecule has 0 radical (unpaired) electrons. The van der Waals surface area contributed by atoms with Gasteiger partial charge in [0, 0.05) is 12.8 Å². The van der Waals surface area contributed by atoms with Crippen LogP contribution in [-0.4, -0.2) is 142 Å². The van der Waals surface area contributed by atoms with E-state index in [1.54, 1.807) is 0 Å². The van der Waals surface area contributed by atoms with Crippen molar-refractivity contribution in [2.24, 2.45) is 11.6 Å². The molecule has 0 saturated heterocycles. The Morgan fingerprint density at radius 2 is 0.738 bits per heavy atom. The summed E-state index contributed by atoms with van der Waals surface area (Å²) in [6.45, 7) is 23.7. The van der Waals surface area contributed by atoms with Gasteiger partial charge < -0.3 is 58.5 Å². The van der Waals surface area contributed by atoms with E-state index in [1.165, 1.54) is 11.2 Å². The summed E-state index contributed by atoms with van der Waals surface area (Å²) in [4.78, 5) is 0. The maximum atomic E-state index is 8.80. The van der Waals surface area contributed by atoms with Gasteiger partial charge in [-0.25, -0.2) is 5.84 Å². The number of hydrazine groups is 1. The lowest BCUT2D eigenvalue weighted by atomic mass is 10.5. The third-order valence-corrected chi connectivity index (χ3v) is 4.19. The number of ether oxygens (including phenoxy) is 9. The SMILES string of the molecule is CC.CC.CC.CCOCCOCCOCCOCCOCCOCCOCCOCCOCCN(N)/C=C(\N)CO. The molecule has 0 heterocycles. The molecule has 5 N–H and O–H groups in total. The summed E-state index contributed by atoms with van der Waals surface area (Å²) in [5.74, 6) is 5.66. The second-order valence-electron chi connectivity index (χ2n) is 7.20. The van der Waals surface area contributed by atoms with Crippen molar-refractivity contribution in [1.82, 2.24) is 5.01 Å². The summed E-state index contributed by atoms with van der Waals surface area (Å²) in [5, 5.41) is 10.2. The molecule has 0 aliphatic carbocycles. The molecule has 0 rings (SSSR count). The van der Waals surface area contributed by atoms with E-state index in [-0.39, 0.29) is 6.61 Å². The van der Waals surface area contributed by atoms with Crippen LogP contribution in [0.4, 0.5) is 0 Å². The largest absolute Gasteiger partial charge is 0.399 e. The highest BCUT2D eigenvalue weighted by Gasteiger charge is 1.97. The topological polar surface area (TPSA) is 159 Å². The van der Waals surface area contributed by atoms with Gasteiger partial charge in [-0.1, -0.05) is 41.5 Å². The lowest BCUT2D eigenvalue weighted by molar-refractivity contribution is -0.0249. The molecule has 0 aliphatic rings. The van der Waals surface area contributed by atoms with Crippen LogP contribution in [0.25, 0.3) is 0 Å². The van der Waals surface area contributed by atoms with Gasteiger partial charge in [0.15, 0.2) is 0 Å². The number of aliphatic hydroxyl groups excluding tert-OH is 1. The number of nitrogens with two attached hydrogens (primary N) is 2. The summed E-state index contributed by atoms with van der Waals surface area (Å²) in [6.07, 6.45) is 1.47. The number of nitrogens with zero attached hydrogens (tertiary/aromatic N) is 1. The van der Waals surface area contributed by atoms with Crippen molar-refractivity contribution in [3.05, 3.63) is 11.9 Å². The summed E-state index contributed by atoms with van der Waals surface area (Å²) in [5.41, 5.74) is 5.76. The van der Waals surface area contributed by atoms with E-state index in [4.69, 9.17) is 59.3 Å². The molecule has 13 nitrogen and oxygen atoms in total. The molecule has 42 heavy (non-hydrogen) atoms. The molecule has 0 atom stereocenters. The second kappa shape index (κ2) is 49.6. The van der Waals surface area contributed by atoms with Crippen LogP contribution in [-0.2, 0) is 42.6 Å². The van der Waals surface area contributed by atoms with Gasteiger partial charge in [-0.05, 0) is 6.92 Å². The van der Waals surface area contributed by atoms with Gasteiger partial charge in [-0.2, -0.15) is 0 Å². The Kier molecular flexibility index (Phi) is 56.4. The van der Waals surface area contributed by atoms with Crippen LogP contribution in [0.5, 0.6) is 0 Å². The molecule has 0 saturated carbocycles. The first-order valence-electron chi connectivity index (χ1n) is 15.5. The van der Waals surface area contributed by atoms with Gasteiger partial charge in [0.25, 0.3) is 0 Å². The third kappa shape index (κ3) is 48.6. The van der Waals surface area contributed by atoms with E-state index in [1.807, 2.05) is 48.5 Å². The zero-order chi connectivity index (χ0) is 32.4. The minimum absolute atomic E-state index is 0.230. The maximum Gasteiger partial charge on any atom is 0.0840 e. The smallest absolute Gasteiger partial charge is 0.0840 e. The van der Waals surface area contributed by atoms with Crippen LogP contribution < -0.4 is 11.6 Å². The number of hydrogen-bond donors (Lipinski definition) is 3. The van der Waals surface area contributed by atoms with Crippen molar-refractivity contribution in [2.75, 3.05) is 132 Å². The highest BCUT2D eigenvalue weighted by Crippen LogP contribution is 1.88. The van der Waals surface area contributed by atoms with Gasteiger partial charge in [-0.3, -0.25) is 0 Å². The number of rotatable bonds is 30. The first-order valence-corrected chi connectivity index (χ1v) is 15.5. The van der Waals surface area contributed by atoms with Crippen molar-refractivity contribution in [3.8, 4) is 0 Å². The Morgan fingerprint density at radius 3 is 0.976 bits per heavy atom. The highest BCUT2D eigenvalue weighted by molar-refractivity contribution is 4.94. The predicted molar refractivity (Wildman–Crippen MR) is 167 cm³/mol. The second-order valence-corrected chi connectivity index (χ2v) is 7.20. The third-order valence-electron chi connectivity index (χ3n) is 4.19. The van der Waals surface area contributed by atoms with Crippen LogP contribution in [0.3, 0.4) is 0 Å². The summed E-state index contributed by atoms with van der Waals surface area (Å²) >= 11 is 0. The van der Waals surface area contributed by atoms with Gasteiger partial charge in [0.1, 0.15) is 0 Å². The Bertz CT molecular complexity index is 467. The molecule has 13 heteroatoms. The van der Waals surface area contributed by atoms with Crippen LogP contribution in [0.15, 0.2) is 11.9 Å². The summed E-state index contributed by atoms with van der Waals surface area (Å²) in [7, 11) is 0. The van der Waals surface area contributed by atoms with E-state index in [0.29, 0.717) is 131 Å². The van der Waals surface area contributed by atoms with Crippen molar-refractivity contribution in [3.63, 3.8) is 0 Å². The van der Waals surface area contributed by atoms with Crippen LogP contribution in [0.2, 0.25) is 0 Å².